The fourth-order valence-electron chi connectivity index (χ4n) is 9.78. The van der Waals surface area contributed by atoms with E-state index in [1.54, 1.807) is 6.08 Å². The van der Waals surface area contributed by atoms with Gasteiger partial charge in [0, 0.05) is 6.42 Å². The molecule has 3 unspecified atom stereocenters. The summed E-state index contributed by atoms with van der Waals surface area (Å²) in [7, 11) is 1.59. The number of likely N-dealkylation sites (N-methyl/N-ethyl adjacent to an activating group) is 1. The molecule has 0 saturated carbocycles. The summed E-state index contributed by atoms with van der Waals surface area (Å²) in [6.07, 6.45) is 74.1. The van der Waals surface area contributed by atoms with Gasteiger partial charge in [-0.3, -0.25) is 13.8 Å². The molecule has 0 spiro atoms. The van der Waals surface area contributed by atoms with Crippen molar-refractivity contribution in [3.05, 3.63) is 36.5 Å². The summed E-state index contributed by atoms with van der Waals surface area (Å²) in [6, 6.07) is -0.846. The van der Waals surface area contributed by atoms with Crippen LogP contribution in [0.3, 0.4) is 0 Å². The Kier molecular flexibility index (Phi) is 55.5. The van der Waals surface area contributed by atoms with Crippen molar-refractivity contribution in [1.29, 1.82) is 0 Å². The number of phosphoric ester groups is 1. The van der Waals surface area contributed by atoms with E-state index in [0.717, 1.165) is 38.5 Å². The molecule has 74 heavy (non-hydrogen) atoms. The predicted molar refractivity (Wildman–Crippen MR) is 323 cm³/mol. The highest BCUT2D eigenvalue weighted by Gasteiger charge is 2.28. The van der Waals surface area contributed by atoms with Gasteiger partial charge in [0.25, 0.3) is 0 Å². The lowest BCUT2D eigenvalue weighted by molar-refractivity contribution is -0.870. The first-order valence-corrected chi connectivity index (χ1v) is 33.9. The molecule has 3 N–H and O–H groups in total. The highest BCUT2D eigenvalue weighted by Crippen LogP contribution is 2.43. The smallest absolute Gasteiger partial charge is 0.387 e. The van der Waals surface area contributed by atoms with E-state index >= 15 is 0 Å². The highest BCUT2D eigenvalue weighted by atomic mass is 31.2. The molecular weight excluding hydrogens is 936 g/mol. The number of allylic oxidation sites excluding steroid dienone is 5. The van der Waals surface area contributed by atoms with Crippen molar-refractivity contribution in [1.82, 2.24) is 5.32 Å². The number of hydrogen-bond donors (Lipinski definition) is 3. The summed E-state index contributed by atoms with van der Waals surface area (Å²) >= 11 is 0. The number of aliphatic hydroxyl groups excluding tert-OH is 1. The van der Waals surface area contributed by atoms with Gasteiger partial charge in [0.15, 0.2) is 0 Å². The van der Waals surface area contributed by atoms with Crippen LogP contribution in [0.2, 0.25) is 0 Å². The molecule has 0 aromatic rings. The molecule has 0 radical (unpaired) electrons. The van der Waals surface area contributed by atoms with Gasteiger partial charge in [0.1, 0.15) is 13.2 Å². The summed E-state index contributed by atoms with van der Waals surface area (Å²) in [5.41, 5.74) is 0. The van der Waals surface area contributed by atoms with Crippen LogP contribution in [0, 0.1) is 0 Å². The quantitative estimate of drug-likeness (QED) is 0.0243. The Bertz CT molecular complexity index is 1300. The van der Waals surface area contributed by atoms with Crippen molar-refractivity contribution < 1.29 is 32.9 Å². The molecule has 3 atom stereocenters. The van der Waals surface area contributed by atoms with Crippen LogP contribution in [0.1, 0.15) is 322 Å². The number of carbonyl (C=O) groups is 1. The van der Waals surface area contributed by atoms with Crippen molar-refractivity contribution in [3.8, 4) is 0 Å². The van der Waals surface area contributed by atoms with Gasteiger partial charge in [0.2, 0.25) is 5.91 Å². The molecule has 0 bridgehead atoms. The number of hydrogen-bond acceptors (Lipinski definition) is 5. The largest absolute Gasteiger partial charge is 0.472 e. The molecule has 0 fully saturated rings. The van der Waals surface area contributed by atoms with Crippen LogP contribution in [0.5, 0.6) is 0 Å². The summed E-state index contributed by atoms with van der Waals surface area (Å²) in [5, 5.41) is 14.0. The van der Waals surface area contributed by atoms with Crippen LogP contribution in [0.15, 0.2) is 36.5 Å². The lowest BCUT2D eigenvalue weighted by Gasteiger charge is -2.25. The lowest BCUT2D eigenvalue weighted by atomic mass is 10.0. The van der Waals surface area contributed by atoms with E-state index in [9.17, 15) is 19.4 Å². The van der Waals surface area contributed by atoms with Gasteiger partial charge in [-0.15, -0.1) is 0 Å². The minimum atomic E-state index is -4.35. The van der Waals surface area contributed by atoms with E-state index in [1.165, 1.54) is 263 Å². The number of quaternary nitrogens is 1. The molecule has 0 heterocycles. The van der Waals surface area contributed by atoms with Crippen molar-refractivity contribution in [3.63, 3.8) is 0 Å². The third-order valence-corrected chi connectivity index (χ3v) is 15.8. The highest BCUT2D eigenvalue weighted by molar-refractivity contribution is 7.47. The standard InChI is InChI=1S/C65H127N2O6P/c1-6-8-10-12-14-16-18-20-22-24-26-28-30-31-32-33-34-35-37-39-41-43-45-47-49-51-53-55-57-59-65(69)66-63(62-73-74(70,71)72-61-60-67(3,4)5)64(68)58-56-54-52-50-48-46-44-42-40-38-36-29-27-25-23-21-19-17-15-13-11-9-7-2/h18,20,24,26,56,58,63-64,68H,6-17,19,21-23,25,27-55,57,59-62H2,1-5H3,(H-,66,69,70,71)/p+1/b20-18-,26-24-,58-56+. The lowest BCUT2D eigenvalue weighted by Crippen LogP contribution is -2.45. The van der Waals surface area contributed by atoms with Crippen molar-refractivity contribution in [2.45, 2.75) is 334 Å². The van der Waals surface area contributed by atoms with Gasteiger partial charge in [0.05, 0.1) is 39.9 Å². The maximum absolute atomic E-state index is 13.0. The minimum absolute atomic E-state index is 0.0632. The molecule has 0 aromatic carbocycles. The van der Waals surface area contributed by atoms with E-state index in [1.807, 2.05) is 27.2 Å². The van der Waals surface area contributed by atoms with E-state index in [2.05, 4.69) is 43.5 Å². The molecule has 9 heteroatoms. The van der Waals surface area contributed by atoms with Crippen LogP contribution in [-0.4, -0.2) is 73.4 Å². The first kappa shape index (κ1) is 72.7. The van der Waals surface area contributed by atoms with Gasteiger partial charge in [-0.1, -0.05) is 301 Å². The predicted octanol–water partition coefficient (Wildman–Crippen LogP) is 20.1. The van der Waals surface area contributed by atoms with Gasteiger partial charge < -0.3 is 19.8 Å². The van der Waals surface area contributed by atoms with E-state index < -0.39 is 20.0 Å². The van der Waals surface area contributed by atoms with Crippen LogP contribution in [0.25, 0.3) is 0 Å². The van der Waals surface area contributed by atoms with E-state index in [4.69, 9.17) is 9.05 Å². The van der Waals surface area contributed by atoms with Gasteiger partial charge >= 0.3 is 7.82 Å². The summed E-state index contributed by atoms with van der Waals surface area (Å²) in [5.74, 6) is -0.171. The molecule has 0 aromatic heterocycles. The average molecular weight is 1060 g/mol. The van der Waals surface area contributed by atoms with Gasteiger partial charge in [-0.05, 0) is 51.4 Å². The number of nitrogens with zero attached hydrogens (tertiary/aromatic N) is 1. The summed E-state index contributed by atoms with van der Waals surface area (Å²) in [4.78, 5) is 23.4. The molecule has 0 saturated heterocycles. The number of unbranched alkanes of at least 4 members (excludes halogenated alkanes) is 43. The van der Waals surface area contributed by atoms with Crippen LogP contribution in [-0.2, 0) is 18.4 Å². The van der Waals surface area contributed by atoms with Crippen molar-refractivity contribution in [2.75, 3.05) is 40.9 Å². The fraction of sp³-hybridized carbons (Fsp3) is 0.892. The van der Waals surface area contributed by atoms with Crippen molar-refractivity contribution in [2.24, 2.45) is 0 Å². The Morgan fingerprint density at radius 1 is 0.459 bits per heavy atom. The molecule has 0 rings (SSSR count). The third-order valence-electron chi connectivity index (χ3n) is 14.9. The van der Waals surface area contributed by atoms with E-state index in [-0.39, 0.29) is 19.1 Å². The Morgan fingerprint density at radius 2 is 0.770 bits per heavy atom. The number of phosphoric acid groups is 1. The van der Waals surface area contributed by atoms with Crippen LogP contribution < -0.4 is 5.32 Å². The van der Waals surface area contributed by atoms with E-state index in [0.29, 0.717) is 17.4 Å². The number of nitrogens with one attached hydrogen (secondary N) is 1. The second kappa shape index (κ2) is 56.4. The Labute approximate surface area is 461 Å². The number of carbonyl (C=O) groups excluding carboxylic acids is 1. The topological polar surface area (TPSA) is 105 Å². The number of amides is 1. The third kappa shape index (κ3) is 58.4. The number of rotatable bonds is 60. The molecule has 0 aliphatic rings. The summed E-state index contributed by atoms with van der Waals surface area (Å²) < 4.78 is 23.8. The zero-order valence-corrected chi connectivity index (χ0v) is 51.0. The summed E-state index contributed by atoms with van der Waals surface area (Å²) in [6.45, 7) is 4.85. The Hall–Kier alpha value is -1.28. The zero-order valence-electron chi connectivity index (χ0n) is 50.1. The van der Waals surface area contributed by atoms with Gasteiger partial charge in [-0.25, -0.2) is 4.57 Å². The second-order valence-corrected chi connectivity index (χ2v) is 24.9. The Balaban J connectivity index is 4.10. The first-order chi connectivity index (χ1) is 36.0. The SMILES string of the molecule is CCCCCCC/C=C\C/C=C\CCCCCCCCCCCCCCCCCCCC(=O)NC(COP(=O)(O)OCC[N+](C)(C)C)C(O)/C=C/CCCCCCCCCCCCCCCCCCCCCCC. The second-order valence-electron chi connectivity index (χ2n) is 23.5. The minimum Gasteiger partial charge on any atom is -0.387 e. The van der Waals surface area contributed by atoms with Crippen LogP contribution >= 0.6 is 7.82 Å². The molecule has 438 valence electrons. The van der Waals surface area contributed by atoms with Gasteiger partial charge in [-0.2, -0.15) is 0 Å². The molecule has 0 aliphatic heterocycles. The molecule has 8 nitrogen and oxygen atoms in total. The molecular formula is C65H128N2O6P+. The monoisotopic (exact) mass is 1060 g/mol. The average Bonchev–Trinajstić information content (AvgIpc) is 3.36. The molecule has 1 amide bonds. The maximum atomic E-state index is 13.0. The first-order valence-electron chi connectivity index (χ1n) is 32.4. The maximum Gasteiger partial charge on any atom is 0.472 e. The van der Waals surface area contributed by atoms with Crippen LogP contribution in [0.4, 0.5) is 0 Å². The number of aliphatic hydroxyl groups is 1. The fourth-order valence-corrected chi connectivity index (χ4v) is 10.5. The normalized spacial score (nSPS) is 14.0. The Morgan fingerprint density at radius 3 is 1.11 bits per heavy atom. The van der Waals surface area contributed by atoms with Crippen molar-refractivity contribution >= 4 is 13.7 Å². The molecule has 0 aliphatic carbocycles. The zero-order chi connectivity index (χ0) is 54.2.